The molecule has 0 unspecified atom stereocenters. The lowest BCUT2D eigenvalue weighted by atomic mass is 9.84. The lowest BCUT2D eigenvalue weighted by molar-refractivity contribution is -0.205. The van der Waals surface area contributed by atoms with Gasteiger partial charge in [-0.2, -0.15) is 0 Å². The zero-order valence-electron chi connectivity index (χ0n) is 24.5. The van der Waals surface area contributed by atoms with Gasteiger partial charge in [0.2, 0.25) is 0 Å². The predicted octanol–water partition coefficient (Wildman–Crippen LogP) is 3.17. The van der Waals surface area contributed by atoms with Crippen LogP contribution in [0.2, 0.25) is 0 Å². The standard InChI is InChI=1S/C29H36F3N5O7/c1-29(2,3)43-28(41)33-16-6-4-14(5-7-16)21-10-17(35-44-21)11-22-26(39)25(27(40)23(13-38)42-22)37-12-20(34-36-37)15-8-18(30)24(32)19(31)9-15/h8-10,12,14,16,22-23,25-27,38-40H,4-7,11,13H2,1-3H3,(H,33,41)/t14?,16?,22-,23-,25-,26+,27+/m1/s1. The summed E-state index contributed by atoms with van der Waals surface area (Å²) in [4.78, 5) is 12.1. The minimum Gasteiger partial charge on any atom is -0.444 e. The number of aliphatic hydroxyl groups is 3. The fourth-order valence-corrected chi connectivity index (χ4v) is 5.74. The van der Waals surface area contributed by atoms with E-state index in [1.807, 2.05) is 20.8 Å². The molecule has 2 fully saturated rings. The van der Waals surface area contributed by atoms with Gasteiger partial charge in [0.05, 0.1) is 24.6 Å². The Morgan fingerprint density at radius 1 is 1.07 bits per heavy atom. The van der Waals surface area contributed by atoms with E-state index >= 15 is 0 Å². The van der Waals surface area contributed by atoms with Crippen LogP contribution in [0.5, 0.6) is 0 Å². The van der Waals surface area contributed by atoms with Crippen molar-refractivity contribution in [2.45, 2.75) is 101 Å². The predicted molar refractivity (Wildman–Crippen MR) is 147 cm³/mol. The number of alkyl carbamates (subject to hydrolysis) is 1. The normalized spacial score (nSPS) is 27.7. The molecule has 1 saturated carbocycles. The maximum Gasteiger partial charge on any atom is 0.407 e. The SMILES string of the molecule is CC(C)(C)OC(=O)NC1CCC(c2cc(C[C@H]3O[C@H](CO)[C@H](O)[C@H](n4cc(-c5cc(F)c(F)c(F)c5)nn4)[C@H]3O)no2)CC1. The third kappa shape index (κ3) is 7.06. The number of carbonyl (C=O) groups excluding carboxylic acids is 1. The molecule has 1 amide bonds. The van der Waals surface area contributed by atoms with E-state index < -0.39 is 66.2 Å². The molecule has 0 bridgehead atoms. The van der Waals surface area contributed by atoms with Gasteiger partial charge in [-0.1, -0.05) is 10.4 Å². The Morgan fingerprint density at radius 3 is 2.36 bits per heavy atom. The molecule has 240 valence electrons. The average molecular weight is 624 g/mol. The first-order valence-corrected chi connectivity index (χ1v) is 14.5. The number of ether oxygens (including phenoxy) is 2. The minimum atomic E-state index is -1.62. The fraction of sp³-hybridized carbons (Fsp3) is 0.586. The molecule has 15 heteroatoms. The van der Waals surface area contributed by atoms with Crippen molar-refractivity contribution in [2.24, 2.45) is 0 Å². The molecule has 4 N–H and O–H groups in total. The molecule has 1 aliphatic carbocycles. The van der Waals surface area contributed by atoms with E-state index in [1.165, 1.54) is 6.20 Å². The summed E-state index contributed by atoms with van der Waals surface area (Å²) in [5.41, 5.74) is -0.209. The highest BCUT2D eigenvalue weighted by Crippen LogP contribution is 2.35. The van der Waals surface area contributed by atoms with Crippen LogP contribution in [0.25, 0.3) is 11.3 Å². The number of hydrogen-bond donors (Lipinski definition) is 4. The highest BCUT2D eigenvalue weighted by Gasteiger charge is 2.46. The van der Waals surface area contributed by atoms with E-state index in [9.17, 15) is 33.3 Å². The second kappa shape index (κ2) is 12.8. The van der Waals surface area contributed by atoms with Gasteiger partial charge < -0.3 is 34.6 Å². The largest absolute Gasteiger partial charge is 0.444 e. The first-order valence-electron chi connectivity index (χ1n) is 14.5. The second-order valence-electron chi connectivity index (χ2n) is 12.3. The van der Waals surface area contributed by atoms with Crippen LogP contribution in [0.4, 0.5) is 18.0 Å². The minimum absolute atomic E-state index is 0.00791. The average Bonchev–Trinajstić information content (AvgIpc) is 3.63. The summed E-state index contributed by atoms with van der Waals surface area (Å²) in [7, 11) is 0. The summed E-state index contributed by atoms with van der Waals surface area (Å²) in [5, 5.41) is 46.8. The Balaban J connectivity index is 1.24. The van der Waals surface area contributed by atoms with Gasteiger partial charge in [0.1, 0.15) is 41.4 Å². The summed E-state index contributed by atoms with van der Waals surface area (Å²) in [6, 6.07) is 2.14. The van der Waals surface area contributed by atoms with E-state index in [4.69, 9.17) is 14.0 Å². The van der Waals surface area contributed by atoms with Crippen LogP contribution in [0.1, 0.15) is 69.9 Å². The molecule has 1 saturated heterocycles. The quantitative estimate of drug-likeness (QED) is 0.287. The molecule has 1 aliphatic heterocycles. The van der Waals surface area contributed by atoms with E-state index in [0.717, 1.165) is 42.5 Å². The van der Waals surface area contributed by atoms with Gasteiger partial charge in [0.15, 0.2) is 17.5 Å². The molecule has 5 rings (SSSR count). The third-order valence-electron chi connectivity index (χ3n) is 7.92. The lowest BCUT2D eigenvalue weighted by Gasteiger charge is -2.42. The van der Waals surface area contributed by atoms with E-state index in [1.54, 1.807) is 6.07 Å². The summed E-state index contributed by atoms with van der Waals surface area (Å²) >= 11 is 0. The summed E-state index contributed by atoms with van der Waals surface area (Å²) in [6.07, 6.45) is -0.945. The van der Waals surface area contributed by atoms with E-state index in [2.05, 4.69) is 20.8 Å². The summed E-state index contributed by atoms with van der Waals surface area (Å²) < 4.78 is 58.8. The van der Waals surface area contributed by atoms with Crippen molar-refractivity contribution in [3.63, 3.8) is 0 Å². The zero-order valence-corrected chi connectivity index (χ0v) is 24.5. The smallest absolute Gasteiger partial charge is 0.407 e. The Kier molecular flexibility index (Phi) is 9.30. The highest BCUT2D eigenvalue weighted by molar-refractivity contribution is 5.68. The number of aromatic nitrogens is 4. The van der Waals surface area contributed by atoms with Crippen molar-refractivity contribution < 1.29 is 47.3 Å². The van der Waals surface area contributed by atoms with Crippen LogP contribution in [0.3, 0.4) is 0 Å². The topological polar surface area (TPSA) is 165 Å². The van der Waals surface area contributed by atoms with Crippen molar-refractivity contribution in [3.05, 3.63) is 53.3 Å². The van der Waals surface area contributed by atoms with Gasteiger partial charge in [-0.3, -0.25) is 0 Å². The van der Waals surface area contributed by atoms with Crippen molar-refractivity contribution >= 4 is 6.09 Å². The van der Waals surface area contributed by atoms with E-state index in [0.29, 0.717) is 11.5 Å². The highest BCUT2D eigenvalue weighted by atomic mass is 19.2. The number of nitrogens with one attached hydrogen (secondary N) is 1. The Bertz CT molecular complexity index is 1430. The molecule has 0 spiro atoms. The van der Waals surface area contributed by atoms with Crippen molar-refractivity contribution in [1.82, 2.24) is 25.5 Å². The number of amides is 1. The molecule has 2 aliphatic rings. The number of rotatable bonds is 7. The molecule has 1 aromatic carbocycles. The summed E-state index contributed by atoms with van der Waals surface area (Å²) in [6.45, 7) is 4.85. The first kappa shape index (κ1) is 31.9. The lowest BCUT2D eigenvalue weighted by Crippen LogP contribution is -2.56. The maximum atomic E-state index is 13.8. The zero-order chi connectivity index (χ0) is 31.8. The van der Waals surface area contributed by atoms with Crippen LogP contribution in [-0.2, 0) is 15.9 Å². The number of hydrogen-bond acceptors (Lipinski definition) is 10. The fourth-order valence-electron chi connectivity index (χ4n) is 5.74. The van der Waals surface area contributed by atoms with Crippen molar-refractivity contribution in [1.29, 1.82) is 0 Å². The second-order valence-corrected chi connectivity index (χ2v) is 12.3. The number of halogens is 3. The molecule has 0 radical (unpaired) electrons. The molecule has 3 aromatic rings. The molecular formula is C29H36F3N5O7. The van der Waals surface area contributed by atoms with Gasteiger partial charge in [-0.25, -0.2) is 22.6 Å². The number of aliphatic hydroxyl groups excluding tert-OH is 3. The van der Waals surface area contributed by atoms with E-state index in [-0.39, 0.29) is 29.6 Å². The third-order valence-corrected chi connectivity index (χ3v) is 7.92. The van der Waals surface area contributed by atoms with Crippen LogP contribution >= 0.6 is 0 Å². The van der Waals surface area contributed by atoms with Gasteiger partial charge in [-0.15, -0.1) is 5.10 Å². The van der Waals surface area contributed by atoms with Gasteiger partial charge in [0, 0.05) is 30.0 Å². The van der Waals surface area contributed by atoms with Crippen LogP contribution < -0.4 is 5.32 Å². The summed E-state index contributed by atoms with van der Waals surface area (Å²) in [5.74, 6) is -3.68. The van der Waals surface area contributed by atoms with Gasteiger partial charge in [0.25, 0.3) is 0 Å². The Hall–Kier alpha value is -3.53. The van der Waals surface area contributed by atoms with Crippen LogP contribution in [0.15, 0.2) is 28.9 Å². The van der Waals surface area contributed by atoms with Crippen LogP contribution in [-0.4, -0.2) is 84.2 Å². The first-order chi connectivity index (χ1) is 20.8. The number of benzene rings is 1. The molecular weight excluding hydrogens is 587 g/mol. The molecule has 3 heterocycles. The molecule has 2 aromatic heterocycles. The monoisotopic (exact) mass is 623 g/mol. The number of nitrogens with zero attached hydrogens (tertiary/aromatic N) is 4. The van der Waals surface area contributed by atoms with Crippen molar-refractivity contribution in [2.75, 3.05) is 6.61 Å². The molecule has 5 atom stereocenters. The van der Waals surface area contributed by atoms with Gasteiger partial charge >= 0.3 is 6.09 Å². The Morgan fingerprint density at radius 2 is 1.73 bits per heavy atom. The molecule has 12 nitrogen and oxygen atoms in total. The van der Waals surface area contributed by atoms with Gasteiger partial charge in [-0.05, 0) is 58.6 Å². The molecule has 44 heavy (non-hydrogen) atoms. The van der Waals surface area contributed by atoms with Crippen molar-refractivity contribution in [3.8, 4) is 11.3 Å². The Labute approximate surface area is 251 Å². The maximum absolute atomic E-state index is 13.8. The number of carbonyl (C=O) groups is 1. The van der Waals surface area contributed by atoms with Crippen LogP contribution in [0, 0.1) is 17.5 Å².